The Labute approximate surface area is 141 Å². The monoisotopic (exact) mass is 381 g/mol. The van der Waals surface area contributed by atoms with Crippen molar-refractivity contribution in [2.45, 2.75) is 12.5 Å². The minimum absolute atomic E-state index is 0.239. The third kappa shape index (κ3) is 4.29. The summed E-state index contributed by atoms with van der Waals surface area (Å²) in [6.07, 6.45) is 3.22. The molecule has 3 N–H and O–H groups in total. The molecule has 7 heteroatoms. The normalized spacial score (nSPS) is 11.7. The van der Waals surface area contributed by atoms with E-state index >= 15 is 0 Å². The maximum Gasteiger partial charge on any atom is 0.253 e. The van der Waals surface area contributed by atoms with Gasteiger partial charge in [0, 0.05) is 28.3 Å². The third-order valence-corrected chi connectivity index (χ3v) is 4.01. The van der Waals surface area contributed by atoms with Crippen LogP contribution < -0.4 is 11.1 Å². The highest BCUT2D eigenvalue weighted by atomic mass is 79.9. The van der Waals surface area contributed by atoms with Crippen LogP contribution >= 0.6 is 27.5 Å². The zero-order chi connectivity index (χ0) is 16.1. The molecule has 1 heterocycles. The first kappa shape index (κ1) is 16.5. The molecule has 0 unspecified atom stereocenters. The van der Waals surface area contributed by atoms with Crippen molar-refractivity contribution in [3.8, 4) is 0 Å². The smallest absolute Gasteiger partial charge is 0.253 e. The molecule has 1 aromatic carbocycles. The number of aromatic nitrogens is 1. The lowest BCUT2D eigenvalue weighted by Gasteiger charge is -2.16. The molecule has 0 radical (unpaired) electrons. The zero-order valence-corrected chi connectivity index (χ0v) is 13.8. The van der Waals surface area contributed by atoms with Gasteiger partial charge in [0.1, 0.15) is 6.04 Å². The topological polar surface area (TPSA) is 85.1 Å². The minimum atomic E-state index is -0.845. The lowest BCUT2D eigenvalue weighted by atomic mass is 10.0. The van der Waals surface area contributed by atoms with E-state index < -0.39 is 17.9 Å². The predicted octanol–water partition coefficient (Wildman–Crippen LogP) is 2.32. The van der Waals surface area contributed by atoms with Crippen molar-refractivity contribution in [1.82, 2.24) is 10.3 Å². The van der Waals surface area contributed by atoms with Crippen LogP contribution in [0.4, 0.5) is 0 Å². The first-order valence-electron chi connectivity index (χ1n) is 6.41. The number of benzene rings is 1. The van der Waals surface area contributed by atoms with Crippen LogP contribution in [0.5, 0.6) is 0 Å². The number of hydrogen-bond acceptors (Lipinski definition) is 3. The first-order valence-corrected chi connectivity index (χ1v) is 7.58. The van der Waals surface area contributed by atoms with Gasteiger partial charge in [-0.25, -0.2) is 0 Å². The van der Waals surface area contributed by atoms with Crippen LogP contribution in [0.1, 0.15) is 15.9 Å². The Hall–Kier alpha value is -1.92. The highest BCUT2D eigenvalue weighted by Gasteiger charge is 2.20. The van der Waals surface area contributed by atoms with Crippen molar-refractivity contribution >= 4 is 39.3 Å². The number of carbonyl (C=O) groups excluding carboxylic acids is 2. The van der Waals surface area contributed by atoms with Crippen LogP contribution in [-0.4, -0.2) is 22.8 Å². The number of rotatable bonds is 5. The summed E-state index contributed by atoms with van der Waals surface area (Å²) in [5.74, 6) is -1.03. The highest BCUT2D eigenvalue weighted by Crippen LogP contribution is 2.22. The van der Waals surface area contributed by atoms with Crippen LogP contribution in [0.25, 0.3) is 0 Å². The number of primary amides is 1. The number of hydrogen-bond donors (Lipinski definition) is 2. The average Bonchev–Trinajstić information content (AvgIpc) is 2.50. The molecule has 1 atom stereocenters. The Balaban J connectivity index is 2.15. The summed E-state index contributed by atoms with van der Waals surface area (Å²) in [4.78, 5) is 27.6. The molecule has 22 heavy (non-hydrogen) atoms. The standard InChI is InChI=1S/C15H13BrClN3O2/c16-12-4-3-11(17)6-10(12)7-13(14(18)21)20-15(22)9-2-1-5-19-8-9/h1-6,8,13H,7H2,(H2,18,21)(H,20,22)/t13-/m0/s1. The summed E-state index contributed by atoms with van der Waals surface area (Å²) in [6, 6.07) is 7.62. The Kier molecular flexibility index (Phi) is 5.51. The van der Waals surface area contributed by atoms with Gasteiger partial charge in [-0.15, -0.1) is 0 Å². The predicted molar refractivity (Wildman–Crippen MR) is 87.5 cm³/mol. The molecule has 0 aliphatic carbocycles. The summed E-state index contributed by atoms with van der Waals surface area (Å²) in [5, 5.41) is 3.15. The summed E-state index contributed by atoms with van der Waals surface area (Å²) < 4.78 is 0.791. The molecule has 0 bridgehead atoms. The molecule has 0 spiro atoms. The van der Waals surface area contributed by atoms with Crippen LogP contribution in [0.3, 0.4) is 0 Å². The SMILES string of the molecule is NC(=O)[C@H](Cc1cc(Cl)ccc1Br)NC(=O)c1cccnc1. The summed E-state index contributed by atoms with van der Waals surface area (Å²) in [6.45, 7) is 0. The Morgan fingerprint density at radius 2 is 2.14 bits per heavy atom. The van der Waals surface area contributed by atoms with Gasteiger partial charge in [0.15, 0.2) is 0 Å². The second-order valence-corrected chi connectivity index (χ2v) is 5.90. The van der Waals surface area contributed by atoms with Gasteiger partial charge in [-0.05, 0) is 35.9 Å². The Morgan fingerprint density at radius 1 is 1.36 bits per heavy atom. The molecule has 0 aliphatic rings. The van der Waals surface area contributed by atoms with Gasteiger partial charge in [-0.1, -0.05) is 27.5 Å². The molecule has 0 fully saturated rings. The van der Waals surface area contributed by atoms with E-state index in [1.807, 2.05) is 0 Å². The molecule has 1 aromatic heterocycles. The van der Waals surface area contributed by atoms with Crippen molar-refractivity contribution in [3.63, 3.8) is 0 Å². The summed E-state index contributed by atoms with van der Waals surface area (Å²) in [5.41, 5.74) is 6.52. The van der Waals surface area contributed by atoms with Gasteiger partial charge >= 0.3 is 0 Å². The average molecular weight is 383 g/mol. The molecule has 2 amide bonds. The molecule has 0 aliphatic heterocycles. The van der Waals surface area contributed by atoms with E-state index in [1.54, 1.807) is 36.5 Å². The van der Waals surface area contributed by atoms with E-state index in [9.17, 15) is 9.59 Å². The van der Waals surface area contributed by atoms with Crippen LogP contribution in [0.15, 0.2) is 47.2 Å². The van der Waals surface area contributed by atoms with Crippen molar-refractivity contribution in [3.05, 3.63) is 63.3 Å². The molecule has 0 saturated carbocycles. The van der Waals surface area contributed by atoms with E-state index in [4.69, 9.17) is 17.3 Å². The molecule has 0 saturated heterocycles. The zero-order valence-electron chi connectivity index (χ0n) is 11.4. The fourth-order valence-electron chi connectivity index (χ4n) is 1.88. The van der Waals surface area contributed by atoms with E-state index in [-0.39, 0.29) is 6.42 Å². The number of carbonyl (C=O) groups is 2. The van der Waals surface area contributed by atoms with E-state index in [0.29, 0.717) is 10.6 Å². The molecule has 2 aromatic rings. The molecular formula is C15H13BrClN3O2. The lowest BCUT2D eigenvalue weighted by Crippen LogP contribution is -2.45. The third-order valence-electron chi connectivity index (χ3n) is 3.00. The summed E-state index contributed by atoms with van der Waals surface area (Å²) in [7, 11) is 0. The molecule has 5 nitrogen and oxygen atoms in total. The van der Waals surface area contributed by atoms with Crippen LogP contribution in [-0.2, 0) is 11.2 Å². The maximum atomic E-state index is 12.1. The molecular weight excluding hydrogens is 370 g/mol. The minimum Gasteiger partial charge on any atom is -0.368 e. The van der Waals surface area contributed by atoms with Gasteiger partial charge in [0.05, 0.1) is 5.56 Å². The summed E-state index contributed by atoms with van der Waals surface area (Å²) >= 11 is 9.33. The second-order valence-electron chi connectivity index (χ2n) is 4.61. The van der Waals surface area contributed by atoms with Crippen LogP contribution in [0, 0.1) is 0 Å². The van der Waals surface area contributed by atoms with Gasteiger partial charge in [-0.2, -0.15) is 0 Å². The van der Waals surface area contributed by atoms with E-state index in [2.05, 4.69) is 26.2 Å². The second kappa shape index (κ2) is 7.38. The number of nitrogens with zero attached hydrogens (tertiary/aromatic N) is 1. The fraction of sp³-hybridized carbons (Fsp3) is 0.133. The van der Waals surface area contributed by atoms with E-state index in [0.717, 1.165) is 10.0 Å². The largest absolute Gasteiger partial charge is 0.368 e. The van der Waals surface area contributed by atoms with Crippen LogP contribution in [0.2, 0.25) is 5.02 Å². The first-order chi connectivity index (χ1) is 10.5. The highest BCUT2D eigenvalue weighted by molar-refractivity contribution is 9.10. The van der Waals surface area contributed by atoms with Gasteiger partial charge in [-0.3, -0.25) is 14.6 Å². The van der Waals surface area contributed by atoms with Gasteiger partial charge < -0.3 is 11.1 Å². The van der Waals surface area contributed by atoms with Gasteiger partial charge in [0.25, 0.3) is 5.91 Å². The quantitative estimate of drug-likeness (QED) is 0.832. The van der Waals surface area contributed by atoms with Crippen molar-refractivity contribution in [1.29, 1.82) is 0 Å². The fourth-order valence-corrected chi connectivity index (χ4v) is 2.48. The number of halogens is 2. The Bertz CT molecular complexity index is 694. The number of amides is 2. The number of pyridine rings is 1. The van der Waals surface area contributed by atoms with E-state index in [1.165, 1.54) is 6.20 Å². The number of nitrogens with one attached hydrogen (secondary N) is 1. The lowest BCUT2D eigenvalue weighted by molar-refractivity contribution is -0.119. The molecule has 114 valence electrons. The van der Waals surface area contributed by atoms with Crippen molar-refractivity contribution < 1.29 is 9.59 Å². The molecule has 2 rings (SSSR count). The maximum absolute atomic E-state index is 12.1. The van der Waals surface area contributed by atoms with Gasteiger partial charge in [0.2, 0.25) is 5.91 Å². The van der Waals surface area contributed by atoms with Crippen molar-refractivity contribution in [2.75, 3.05) is 0 Å². The number of nitrogens with two attached hydrogens (primary N) is 1. The Morgan fingerprint density at radius 3 is 2.77 bits per heavy atom. The van der Waals surface area contributed by atoms with Crippen molar-refractivity contribution in [2.24, 2.45) is 5.73 Å².